The molecular weight excluding hydrogens is 582 g/mol. The van der Waals surface area contributed by atoms with Crippen LogP contribution < -0.4 is 9.47 Å². The second-order valence-corrected chi connectivity index (χ2v) is 8.76. The van der Waals surface area contributed by atoms with Crippen molar-refractivity contribution in [2.24, 2.45) is 0 Å². The third kappa shape index (κ3) is 9.52. The van der Waals surface area contributed by atoms with E-state index in [0.29, 0.717) is 11.6 Å². The Morgan fingerprint density at radius 2 is 1.02 bits per heavy atom. The van der Waals surface area contributed by atoms with Gasteiger partial charge < -0.3 is 19.3 Å². The molecule has 0 unspecified atom stereocenters. The SMILES string of the molecule is COC(=O)c1ccc(OCc2ccccc2)c(C(F)(F)F)c1.O=C(O)c1ccc(OCc2ccccc2)c(C(F)(F)F)c1. The molecule has 0 aliphatic heterocycles. The maximum atomic E-state index is 13.1. The van der Waals surface area contributed by atoms with Crippen molar-refractivity contribution in [3.63, 3.8) is 0 Å². The Hall–Kier alpha value is -5.00. The minimum atomic E-state index is -4.68. The Bertz CT molecular complexity index is 1520. The number of hydrogen-bond donors (Lipinski definition) is 1. The van der Waals surface area contributed by atoms with Crippen molar-refractivity contribution >= 4 is 11.9 Å². The maximum Gasteiger partial charge on any atom is 0.419 e. The highest BCUT2D eigenvalue weighted by molar-refractivity contribution is 5.90. The van der Waals surface area contributed by atoms with Crippen LogP contribution in [0.4, 0.5) is 26.3 Å². The van der Waals surface area contributed by atoms with Gasteiger partial charge in [-0.1, -0.05) is 60.7 Å². The van der Waals surface area contributed by atoms with Crippen molar-refractivity contribution in [2.45, 2.75) is 25.6 Å². The zero-order valence-electron chi connectivity index (χ0n) is 22.4. The van der Waals surface area contributed by atoms with Crippen molar-refractivity contribution in [1.29, 1.82) is 0 Å². The molecule has 0 radical (unpaired) electrons. The van der Waals surface area contributed by atoms with Gasteiger partial charge in [0.15, 0.2) is 0 Å². The molecule has 0 bridgehead atoms. The number of carbonyl (C=O) groups excluding carboxylic acids is 1. The molecule has 0 heterocycles. The van der Waals surface area contributed by atoms with Gasteiger partial charge in [-0.05, 0) is 47.5 Å². The largest absolute Gasteiger partial charge is 0.488 e. The molecule has 0 saturated heterocycles. The number of methoxy groups -OCH3 is 1. The third-order valence-electron chi connectivity index (χ3n) is 5.71. The summed E-state index contributed by atoms with van der Waals surface area (Å²) >= 11 is 0. The topological polar surface area (TPSA) is 82.1 Å². The fourth-order valence-corrected chi connectivity index (χ4v) is 3.60. The number of rotatable bonds is 8. The van der Waals surface area contributed by atoms with Crippen LogP contribution in [0.5, 0.6) is 11.5 Å². The molecule has 4 aromatic carbocycles. The summed E-state index contributed by atoms with van der Waals surface area (Å²) in [7, 11) is 1.11. The van der Waals surface area contributed by atoms with Crippen LogP contribution in [0.2, 0.25) is 0 Å². The molecule has 0 atom stereocenters. The van der Waals surface area contributed by atoms with E-state index in [0.717, 1.165) is 36.9 Å². The molecule has 43 heavy (non-hydrogen) atoms. The summed E-state index contributed by atoms with van der Waals surface area (Å²) < 4.78 is 92.9. The van der Waals surface area contributed by atoms with E-state index in [1.54, 1.807) is 60.7 Å². The number of halogens is 6. The standard InChI is InChI=1S/C16H13F3O3.C15H11F3O3/c1-21-15(20)12-7-8-14(13(9-12)16(17,18)19)22-10-11-5-3-2-4-6-11;16-15(17,18)12-8-11(14(19)20)6-7-13(12)21-9-10-4-2-1-3-5-10/h2-9H,10H2,1H3;1-8H,9H2,(H,19,20). The van der Waals surface area contributed by atoms with Gasteiger partial charge in [-0.2, -0.15) is 26.3 Å². The smallest absolute Gasteiger partial charge is 0.419 e. The van der Waals surface area contributed by atoms with Gasteiger partial charge in [-0.15, -0.1) is 0 Å². The Labute approximate surface area is 242 Å². The number of benzene rings is 4. The van der Waals surface area contributed by atoms with Gasteiger partial charge in [-0.25, -0.2) is 9.59 Å². The molecule has 4 aromatic rings. The molecule has 12 heteroatoms. The number of carboxylic acid groups (broad SMARTS) is 1. The first kappa shape index (κ1) is 32.5. The number of carbonyl (C=O) groups is 2. The first-order valence-electron chi connectivity index (χ1n) is 12.4. The lowest BCUT2D eigenvalue weighted by atomic mass is 10.1. The summed E-state index contributed by atoms with van der Waals surface area (Å²) in [6.45, 7) is -0.0299. The van der Waals surface area contributed by atoms with Crippen molar-refractivity contribution in [3.05, 3.63) is 130 Å². The average Bonchev–Trinajstić information content (AvgIpc) is 2.99. The van der Waals surface area contributed by atoms with Crippen LogP contribution in [-0.4, -0.2) is 24.2 Å². The van der Waals surface area contributed by atoms with Crippen LogP contribution in [-0.2, 0) is 30.3 Å². The van der Waals surface area contributed by atoms with Crippen molar-refractivity contribution in [3.8, 4) is 11.5 Å². The summed E-state index contributed by atoms with van der Waals surface area (Å²) in [5, 5.41) is 8.77. The highest BCUT2D eigenvalue weighted by atomic mass is 19.4. The fourth-order valence-electron chi connectivity index (χ4n) is 3.60. The lowest BCUT2D eigenvalue weighted by Gasteiger charge is -2.15. The number of esters is 1. The van der Waals surface area contributed by atoms with Gasteiger partial charge in [0.1, 0.15) is 24.7 Å². The highest BCUT2D eigenvalue weighted by Crippen LogP contribution is 2.38. The predicted octanol–water partition coefficient (Wildman–Crippen LogP) is 8.05. The summed E-state index contributed by atoms with van der Waals surface area (Å²) in [6, 6.07) is 23.3. The summed E-state index contributed by atoms with van der Waals surface area (Å²) in [4.78, 5) is 22.1. The quantitative estimate of drug-likeness (QED) is 0.162. The van der Waals surface area contributed by atoms with Gasteiger partial charge in [0, 0.05) is 0 Å². The van der Waals surface area contributed by atoms with Crippen molar-refractivity contribution < 1.29 is 55.2 Å². The van der Waals surface area contributed by atoms with Gasteiger partial charge in [0.25, 0.3) is 0 Å². The molecule has 0 spiro atoms. The van der Waals surface area contributed by atoms with Gasteiger partial charge in [0.2, 0.25) is 0 Å². The van der Waals surface area contributed by atoms with Crippen LogP contribution in [0.1, 0.15) is 43.0 Å². The number of alkyl halides is 6. The van der Waals surface area contributed by atoms with E-state index in [1.807, 2.05) is 0 Å². The zero-order valence-corrected chi connectivity index (χ0v) is 22.4. The number of ether oxygens (including phenoxy) is 3. The van der Waals surface area contributed by atoms with Crippen LogP contribution in [0.3, 0.4) is 0 Å². The lowest BCUT2D eigenvalue weighted by Crippen LogP contribution is -2.11. The van der Waals surface area contributed by atoms with E-state index in [4.69, 9.17) is 14.6 Å². The molecule has 6 nitrogen and oxygen atoms in total. The van der Waals surface area contributed by atoms with E-state index >= 15 is 0 Å². The third-order valence-corrected chi connectivity index (χ3v) is 5.71. The molecule has 0 fully saturated rings. The average molecular weight is 607 g/mol. The number of carboxylic acids is 1. The normalized spacial score (nSPS) is 11.1. The van der Waals surface area contributed by atoms with Gasteiger partial charge in [-0.3, -0.25) is 0 Å². The zero-order chi connectivity index (χ0) is 31.6. The Morgan fingerprint density at radius 1 is 0.628 bits per heavy atom. The van der Waals surface area contributed by atoms with E-state index in [9.17, 15) is 35.9 Å². The van der Waals surface area contributed by atoms with E-state index < -0.39 is 46.7 Å². The monoisotopic (exact) mass is 606 g/mol. The minimum absolute atomic E-state index is 0.00148. The van der Waals surface area contributed by atoms with Crippen molar-refractivity contribution in [1.82, 2.24) is 0 Å². The molecule has 1 N–H and O–H groups in total. The summed E-state index contributed by atoms with van der Waals surface area (Å²) in [5.74, 6) is -2.98. The van der Waals surface area contributed by atoms with Gasteiger partial charge >= 0.3 is 24.3 Å². The molecule has 0 aromatic heterocycles. The second kappa shape index (κ2) is 14.3. The molecule has 0 amide bonds. The van der Waals surface area contributed by atoms with E-state index in [2.05, 4.69) is 4.74 Å². The first-order valence-corrected chi connectivity index (χ1v) is 12.4. The Kier molecular flexibility index (Phi) is 10.8. The molecule has 226 valence electrons. The summed E-state index contributed by atoms with van der Waals surface area (Å²) in [5.41, 5.74) is -1.26. The highest BCUT2D eigenvalue weighted by Gasteiger charge is 2.36. The van der Waals surface area contributed by atoms with E-state index in [-0.39, 0.29) is 24.5 Å². The molecule has 0 saturated carbocycles. The predicted molar refractivity (Wildman–Crippen MR) is 143 cm³/mol. The van der Waals surface area contributed by atoms with Crippen molar-refractivity contribution in [2.75, 3.05) is 7.11 Å². The minimum Gasteiger partial charge on any atom is -0.488 e. The number of aromatic carboxylic acids is 1. The first-order chi connectivity index (χ1) is 20.3. The molecule has 0 aliphatic carbocycles. The van der Waals surface area contributed by atoms with Crippen LogP contribution in [0.25, 0.3) is 0 Å². The Morgan fingerprint density at radius 3 is 1.40 bits per heavy atom. The number of hydrogen-bond acceptors (Lipinski definition) is 5. The molecule has 4 rings (SSSR count). The second-order valence-electron chi connectivity index (χ2n) is 8.76. The Balaban J connectivity index is 0.000000236. The van der Waals surface area contributed by atoms with Crippen LogP contribution >= 0.6 is 0 Å². The van der Waals surface area contributed by atoms with Crippen LogP contribution in [0.15, 0.2) is 97.1 Å². The van der Waals surface area contributed by atoms with E-state index in [1.165, 1.54) is 6.07 Å². The summed E-state index contributed by atoms with van der Waals surface area (Å²) in [6.07, 6.45) is -9.31. The molecule has 0 aliphatic rings. The van der Waals surface area contributed by atoms with Crippen LogP contribution in [0, 0.1) is 0 Å². The lowest BCUT2D eigenvalue weighted by molar-refractivity contribution is -0.139. The molecular formula is C31H24F6O6. The fraction of sp³-hybridized carbons (Fsp3) is 0.161. The van der Waals surface area contributed by atoms with Gasteiger partial charge in [0.05, 0.1) is 29.4 Å². The maximum absolute atomic E-state index is 13.1.